The first kappa shape index (κ1) is 25.3. The molecule has 3 heterocycles. The number of aryl methyl sites for hydroxylation is 2. The number of pyridine rings is 1. The van der Waals surface area contributed by atoms with E-state index >= 15 is 0 Å². The highest BCUT2D eigenvalue weighted by atomic mass is 16.5. The summed E-state index contributed by atoms with van der Waals surface area (Å²) < 4.78 is 5.83. The van der Waals surface area contributed by atoms with Crippen LogP contribution in [-0.2, 0) is 35.3 Å². The van der Waals surface area contributed by atoms with Crippen molar-refractivity contribution in [1.82, 2.24) is 9.88 Å². The monoisotopic (exact) mass is 519 g/mol. The van der Waals surface area contributed by atoms with Crippen LogP contribution in [0.15, 0.2) is 72.8 Å². The predicted octanol–water partition coefficient (Wildman–Crippen LogP) is 6.01. The third-order valence-electron chi connectivity index (χ3n) is 7.94. The third kappa shape index (κ3) is 4.81. The number of anilines is 2. The largest absolute Gasteiger partial charge is 0.462 e. The molecule has 0 bridgehead atoms. The molecule has 6 nitrogen and oxygen atoms in total. The van der Waals surface area contributed by atoms with E-state index in [4.69, 9.17) is 9.72 Å². The second-order valence-electron chi connectivity index (χ2n) is 10.6. The van der Waals surface area contributed by atoms with E-state index < -0.39 is 0 Å². The van der Waals surface area contributed by atoms with Gasteiger partial charge in [0.2, 0.25) is 5.91 Å². The van der Waals surface area contributed by atoms with Crippen molar-refractivity contribution in [3.8, 4) is 0 Å². The minimum Gasteiger partial charge on any atom is -0.462 e. The molecule has 0 N–H and O–H groups in total. The number of ether oxygens (including phenoxy) is 1. The second-order valence-corrected chi connectivity index (χ2v) is 10.6. The molecule has 0 aliphatic carbocycles. The average molecular weight is 520 g/mol. The van der Waals surface area contributed by atoms with E-state index in [9.17, 15) is 9.59 Å². The average Bonchev–Trinajstić information content (AvgIpc) is 3.12. The summed E-state index contributed by atoms with van der Waals surface area (Å²) >= 11 is 0. The molecule has 2 aliphatic rings. The molecule has 3 aromatic carbocycles. The predicted molar refractivity (Wildman–Crippen MR) is 153 cm³/mol. The molecule has 0 atom stereocenters. The van der Waals surface area contributed by atoms with E-state index in [2.05, 4.69) is 30.9 Å². The van der Waals surface area contributed by atoms with Crippen molar-refractivity contribution in [2.75, 3.05) is 18.1 Å². The molecule has 1 aromatic heterocycles. The van der Waals surface area contributed by atoms with Crippen LogP contribution in [0.2, 0.25) is 0 Å². The van der Waals surface area contributed by atoms with E-state index in [1.54, 1.807) is 4.90 Å². The summed E-state index contributed by atoms with van der Waals surface area (Å²) in [6.07, 6.45) is 2.64. The Labute approximate surface area is 229 Å². The Balaban J connectivity index is 1.26. The number of rotatable bonds is 5. The third-order valence-corrected chi connectivity index (χ3v) is 7.94. The van der Waals surface area contributed by atoms with Gasteiger partial charge in [-0.1, -0.05) is 54.6 Å². The Morgan fingerprint density at radius 2 is 1.51 bits per heavy atom. The van der Waals surface area contributed by atoms with Gasteiger partial charge in [0.05, 0.1) is 28.9 Å². The molecule has 1 amide bonds. The van der Waals surface area contributed by atoms with Gasteiger partial charge >= 0.3 is 5.97 Å². The van der Waals surface area contributed by atoms with Gasteiger partial charge in [-0.3, -0.25) is 19.6 Å². The fourth-order valence-electron chi connectivity index (χ4n) is 5.85. The summed E-state index contributed by atoms with van der Waals surface area (Å²) in [5.74, 6) is -0.475. The SMILES string of the molecule is CC(C)N1CCc2nc3ccccc3c(C(=O)OCCC(=O)N3c4ccccc4CCc4ccccc43)c2C1. The van der Waals surface area contributed by atoms with Crippen LogP contribution in [0.1, 0.15) is 53.0 Å². The van der Waals surface area contributed by atoms with Crippen molar-refractivity contribution in [3.63, 3.8) is 0 Å². The lowest BCUT2D eigenvalue weighted by molar-refractivity contribution is -0.118. The van der Waals surface area contributed by atoms with E-state index in [1.807, 2.05) is 60.7 Å². The van der Waals surface area contributed by atoms with Crippen LogP contribution >= 0.6 is 0 Å². The van der Waals surface area contributed by atoms with E-state index in [1.165, 1.54) is 0 Å². The minimum atomic E-state index is -0.389. The standard InChI is InChI=1S/C33H33N3O3/c1-22(2)35-19-17-28-26(21-35)32(25-11-5-6-12-27(25)34-28)33(38)39-20-18-31(37)36-29-13-7-3-9-23(29)15-16-24-10-4-8-14-30(24)36/h3-14,22H,15-21H2,1-2H3. The smallest absolute Gasteiger partial charge is 0.339 e. The van der Waals surface area contributed by atoms with Crippen molar-refractivity contribution in [3.05, 3.63) is 101 Å². The van der Waals surface area contributed by atoms with Gasteiger partial charge in [0.25, 0.3) is 0 Å². The number of para-hydroxylation sites is 3. The summed E-state index contributed by atoms with van der Waals surface area (Å²) in [5, 5.41) is 0.800. The van der Waals surface area contributed by atoms with Gasteiger partial charge < -0.3 is 4.74 Å². The highest BCUT2D eigenvalue weighted by Gasteiger charge is 2.29. The normalized spacial score (nSPS) is 14.9. The number of amides is 1. The van der Waals surface area contributed by atoms with Gasteiger partial charge in [0, 0.05) is 42.2 Å². The summed E-state index contributed by atoms with van der Waals surface area (Å²) in [6.45, 7) is 5.93. The van der Waals surface area contributed by atoms with Crippen LogP contribution in [0.3, 0.4) is 0 Å². The van der Waals surface area contributed by atoms with Crippen molar-refractivity contribution in [1.29, 1.82) is 0 Å². The van der Waals surface area contributed by atoms with Gasteiger partial charge in [0.1, 0.15) is 6.61 Å². The highest BCUT2D eigenvalue weighted by Crippen LogP contribution is 2.36. The number of esters is 1. The second kappa shape index (κ2) is 10.6. The van der Waals surface area contributed by atoms with Crippen molar-refractivity contribution in [2.45, 2.75) is 52.1 Å². The molecule has 0 saturated carbocycles. The van der Waals surface area contributed by atoms with Crippen LogP contribution in [0.5, 0.6) is 0 Å². The van der Waals surface area contributed by atoms with E-state index in [-0.39, 0.29) is 24.9 Å². The maximum absolute atomic E-state index is 13.7. The number of benzene rings is 3. The minimum absolute atomic E-state index is 0.0117. The maximum atomic E-state index is 13.7. The fraction of sp³-hybridized carbons (Fsp3) is 0.303. The number of hydrogen-bond acceptors (Lipinski definition) is 5. The topological polar surface area (TPSA) is 62.7 Å². The lowest BCUT2D eigenvalue weighted by Crippen LogP contribution is -2.37. The zero-order valence-electron chi connectivity index (χ0n) is 22.5. The molecule has 6 heteroatoms. The summed E-state index contributed by atoms with van der Waals surface area (Å²) in [4.78, 5) is 36.3. The zero-order chi connectivity index (χ0) is 26.9. The molecule has 6 rings (SSSR count). The van der Waals surface area contributed by atoms with Crippen molar-refractivity contribution >= 4 is 34.2 Å². The van der Waals surface area contributed by atoms with Gasteiger partial charge in [-0.25, -0.2) is 4.79 Å². The maximum Gasteiger partial charge on any atom is 0.339 e. The molecule has 198 valence electrons. The number of carbonyl (C=O) groups excluding carboxylic acids is 2. The zero-order valence-corrected chi connectivity index (χ0v) is 22.5. The number of carbonyl (C=O) groups is 2. The molecule has 0 spiro atoms. The van der Waals surface area contributed by atoms with E-state index in [0.29, 0.717) is 18.2 Å². The molecule has 4 aromatic rings. The first-order valence-corrected chi connectivity index (χ1v) is 13.8. The first-order chi connectivity index (χ1) is 19.0. The lowest BCUT2D eigenvalue weighted by Gasteiger charge is -2.32. The van der Waals surface area contributed by atoms with Gasteiger partial charge in [-0.15, -0.1) is 0 Å². The van der Waals surface area contributed by atoms with Crippen molar-refractivity contribution in [2.24, 2.45) is 0 Å². The molecular weight excluding hydrogens is 486 g/mol. The summed E-state index contributed by atoms with van der Waals surface area (Å²) in [7, 11) is 0. The quantitative estimate of drug-likeness (QED) is 0.302. The molecule has 0 fully saturated rings. The number of aromatic nitrogens is 1. The summed E-state index contributed by atoms with van der Waals surface area (Å²) in [6, 6.07) is 24.2. The van der Waals surface area contributed by atoms with Crippen LogP contribution in [-0.4, -0.2) is 41.0 Å². The number of hydrogen-bond donors (Lipinski definition) is 0. The first-order valence-electron chi connectivity index (χ1n) is 13.8. The molecule has 0 radical (unpaired) electrons. The lowest BCUT2D eigenvalue weighted by atomic mass is 9.95. The van der Waals surface area contributed by atoms with E-state index in [0.717, 1.165) is 70.5 Å². The Bertz CT molecular complexity index is 1510. The Hall–Kier alpha value is -4.03. The summed E-state index contributed by atoms with van der Waals surface area (Å²) in [5.41, 5.74) is 7.39. The molecule has 0 unspecified atom stereocenters. The molecule has 39 heavy (non-hydrogen) atoms. The molecule has 2 aliphatic heterocycles. The number of nitrogens with zero attached hydrogens (tertiary/aromatic N) is 3. The van der Waals surface area contributed by atoms with Crippen LogP contribution in [0.25, 0.3) is 10.9 Å². The van der Waals surface area contributed by atoms with Gasteiger partial charge in [-0.2, -0.15) is 0 Å². The van der Waals surface area contributed by atoms with Crippen LogP contribution in [0.4, 0.5) is 11.4 Å². The molecular formula is C33H33N3O3. The Morgan fingerprint density at radius 1 is 0.872 bits per heavy atom. The van der Waals surface area contributed by atoms with Crippen LogP contribution < -0.4 is 4.90 Å². The number of fused-ring (bicyclic) bond motifs is 4. The van der Waals surface area contributed by atoms with Gasteiger partial charge in [-0.05, 0) is 56.0 Å². The van der Waals surface area contributed by atoms with Gasteiger partial charge in [0.15, 0.2) is 0 Å². The highest BCUT2D eigenvalue weighted by molar-refractivity contribution is 6.06. The Morgan fingerprint density at radius 3 is 2.21 bits per heavy atom. The van der Waals surface area contributed by atoms with Crippen molar-refractivity contribution < 1.29 is 14.3 Å². The molecule has 0 saturated heterocycles. The fourth-order valence-corrected chi connectivity index (χ4v) is 5.85. The Kier molecular flexibility index (Phi) is 6.88. The van der Waals surface area contributed by atoms with Crippen LogP contribution in [0, 0.1) is 0 Å².